The third kappa shape index (κ3) is 3.99. The van der Waals surface area contributed by atoms with Gasteiger partial charge in [-0.3, -0.25) is 9.20 Å². The Labute approximate surface area is 171 Å². The molecule has 142 valence electrons. The highest BCUT2D eigenvalue weighted by Gasteiger charge is 2.36. The molecule has 1 aromatic carbocycles. The summed E-state index contributed by atoms with van der Waals surface area (Å²) < 4.78 is 7.47. The third-order valence-corrected chi connectivity index (χ3v) is 6.38. The number of ether oxygens (including phenoxy) is 1. The van der Waals surface area contributed by atoms with Gasteiger partial charge in [0.2, 0.25) is 5.91 Å². The van der Waals surface area contributed by atoms with E-state index in [2.05, 4.69) is 10.3 Å². The maximum Gasteiger partial charge on any atom is 0.226 e. The van der Waals surface area contributed by atoms with E-state index in [-0.39, 0.29) is 17.7 Å². The zero-order valence-corrected chi connectivity index (χ0v) is 16.9. The van der Waals surface area contributed by atoms with E-state index in [0.29, 0.717) is 29.8 Å². The summed E-state index contributed by atoms with van der Waals surface area (Å²) in [5, 5.41) is 6.29. The number of hydrogen-bond acceptors (Lipinski definition) is 4. The molecule has 0 radical (unpaired) electrons. The highest BCUT2D eigenvalue weighted by molar-refractivity contribution is 7.15. The summed E-state index contributed by atoms with van der Waals surface area (Å²) in [5.74, 6) is -0.0447. The number of thiazole rings is 1. The van der Waals surface area contributed by atoms with E-state index in [1.807, 2.05) is 34.3 Å². The molecule has 0 atom stereocenters. The molecule has 3 aromatic rings. The number of rotatable bonds is 5. The average molecular weight is 424 g/mol. The number of halogens is 2. The number of imidazole rings is 1. The molecule has 0 bridgehead atoms. The fourth-order valence-electron chi connectivity index (χ4n) is 3.58. The van der Waals surface area contributed by atoms with Crippen molar-refractivity contribution < 1.29 is 9.53 Å². The first-order valence-corrected chi connectivity index (χ1v) is 10.4. The van der Waals surface area contributed by atoms with Crippen molar-refractivity contribution in [2.45, 2.75) is 24.7 Å². The predicted molar refractivity (Wildman–Crippen MR) is 108 cm³/mol. The van der Waals surface area contributed by atoms with Gasteiger partial charge >= 0.3 is 0 Å². The molecule has 1 amide bonds. The van der Waals surface area contributed by atoms with Crippen molar-refractivity contribution in [1.82, 2.24) is 14.7 Å². The van der Waals surface area contributed by atoms with Crippen molar-refractivity contribution in [1.29, 1.82) is 0 Å². The number of nitrogens with zero attached hydrogens (tertiary/aromatic N) is 2. The zero-order valence-electron chi connectivity index (χ0n) is 14.6. The molecule has 0 unspecified atom stereocenters. The number of carbonyl (C=O) groups excluding carboxylic acids is 1. The van der Waals surface area contributed by atoms with Crippen LogP contribution in [0.3, 0.4) is 0 Å². The molecule has 4 rings (SSSR count). The Balaban J connectivity index is 1.48. The Bertz CT molecular complexity index is 934. The average Bonchev–Trinajstić information content (AvgIpc) is 3.22. The van der Waals surface area contributed by atoms with Crippen molar-refractivity contribution in [2.24, 2.45) is 0 Å². The van der Waals surface area contributed by atoms with Gasteiger partial charge in [0.05, 0.1) is 12.1 Å². The minimum Gasteiger partial charge on any atom is -0.381 e. The molecular formula is C19H19Cl2N3O2S. The van der Waals surface area contributed by atoms with Gasteiger partial charge in [0, 0.05) is 53.0 Å². The summed E-state index contributed by atoms with van der Waals surface area (Å²) >= 11 is 14.1. The van der Waals surface area contributed by atoms with Crippen LogP contribution in [-0.4, -0.2) is 35.1 Å². The minimum absolute atomic E-state index is 0.0447. The summed E-state index contributed by atoms with van der Waals surface area (Å²) in [4.78, 5) is 17.9. The van der Waals surface area contributed by atoms with Gasteiger partial charge < -0.3 is 10.1 Å². The van der Waals surface area contributed by atoms with Crippen LogP contribution in [0.25, 0.3) is 4.96 Å². The molecule has 1 N–H and O–H groups in total. The van der Waals surface area contributed by atoms with Crippen LogP contribution >= 0.6 is 34.5 Å². The van der Waals surface area contributed by atoms with E-state index < -0.39 is 0 Å². The molecule has 1 fully saturated rings. The lowest BCUT2D eigenvalue weighted by atomic mass is 9.74. The predicted octanol–water partition coefficient (Wildman–Crippen LogP) is 4.11. The van der Waals surface area contributed by atoms with E-state index in [4.69, 9.17) is 27.9 Å². The van der Waals surface area contributed by atoms with Gasteiger partial charge in [-0.1, -0.05) is 29.3 Å². The quantitative estimate of drug-likeness (QED) is 0.671. The first-order valence-electron chi connectivity index (χ1n) is 8.77. The van der Waals surface area contributed by atoms with E-state index in [0.717, 1.165) is 29.1 Å². The van der Waals surface area contributed by atoms with Gasteiger partial charge in [0.1, 0.15) is 0 Å². The normalized spacial score (nSPS) is 16.5. The number of benzene rings is 1. The molecule has 1 aliphatic rings. The molecule has 3 heterocycles. The number of aromatic nitrogens is 2. The van der Waals surface area contributed by atoms with E-state index in [1.165, 1.54) is 0 Å². The lowest BCUT2D eigenvalue weighted by Gasteiger charge is -2.38. The first-order chi connectivity index (χ1) is 13.1. The van der Waals surface area contributed by atoms with Gasteiger partial charge in [-0.25, -0.2) is 4.98 Å². The maximum atomic E-state index is 12.5. The van der Waals surface area contributed by atoms with Crippen LogP contribution in [0.15, 0.2) is 36.0 Å². The van der Waals surface area contributed by atoms with Crippen LogP contribution < -0.4 is 5.32 Å². The molecule has 27 heavy (non-hydrogen) atoms. The molecule has 0 aliphatic carbocycles. The van der Waals surface area contributed by atoms with Crippen molar-refractivity contribution in [2.75, 3.05) is 19.8 Å². The lowest BCUT2D eigenvalue weighted by Crippen LogP contribution is -2.45. The molecule has 2 aromatic heterocycles. The van der Waals surface area contributed by atoms with Crippen LogP contribution in [0.5, 0.6) is 0 Å². The topological polar surface area (TPSA) is 55.6 Å². The van der Waals surface area contributed by atoms with Crippen molar-refractivity contribution in [3.8, 4) is 0 Å². The largest absolute Gasteiger partial charge is 0.381 e. The van der Waals surface area contributed by atoms with Crippen LogP contribution in [0, 0.1) is 0 Å². The Morgan fingerprint density at radius 2 is 2.15 bits per heavy atom. The van der Waals surface area contributed by atoms with Gasteiger partial charge in [0.25, 0.3) is 0 Å². The second-order valence-electron chi connectivity index (χ2n) is 6.80. The van der Waals surface area contributed by atoms with Gasteiger partial charge in [-0.05, 0) is 30.5 Å². The fraction of sp³-hybridized carbons (Fsp3) is 0.368. The second-order valence-corrected chi connectivity index (χ2v) is 8.51. The Hall–Kier alpha value is -1.60. The zero-order chi connectivity index (χ0) is 18.9. The summed E-state index contributed by atoms with van der Waals surface area (Å²) in [7, 11) is 0. The van der Waals surface area contributed by atoms with Gasteiger partial charge in [-0.2, -0.15) is 0 Å². The summed E-state index contributed by atoms with van der Waals surface area (Å²) in [5.41, 5.74) is 1.54. The Morgan fingerprint density at radius 1 is 1.33 bits per heavy atom. The highest BCUT2D eigenvalue weighted by Crippen LogP contribution is 2.39. The molecule has 0 saturated carbocycles. The van der Waals surface area contributed by atoms with E-state index in [9.17, 15) is 4.79 Å². The SMILES string of the molecule is O=C(Cc1cn2ccsc2n1)NCC1(c2ccc(Cl)cc2Cl)CCOCC1. The number of amides is 1. The molecule has 8 heteroatoms. The summed E-state index contributed by atoms with van der Waals surface area (Å²) in [6.45, 7) is 1.80. The van der Waals surface area contributed by atoms with E-state index in [1.54, 1.807) is 17.4 Å². The highest BCUT2D eigenvalue weighted by atomic mass is 35.5. The fourth-order valence-corrected chi connectivity index (χ4v) is 4.91. The molecule has 1 aliphatic heterocycles. The number of hydrogen-bond donors (Lipinski definition) is 1. The monoisotopic (exact) mass is 423 g/mol. The van der Waals surface area contributed by atoms with Gasteiger partial charge in [0.15, 0.2) is 4.96 Å². The lowest BCUT2D eigenvalue weighted by molar-refractivity contribution is -0.121. The number of nitrogens with one attached hydrogen (secondary N) is 1. The smallest absolute Gasteiger partial charge is 0.226 e. The van der Waals surface area contributed by atoms with Crippen LogP contribution in [-0.2, 0) is 21.4 Å². The second kappa shape index (κ2) is 7.80. The molecular weight excluding hydrogens is 405 g/mol. The van der Waals surface area contributed by atoms with Crippen molar-refractivity contribution in [3.63, 3.8) is 0 Å². The van der Waals surface area contributed by atoms with Crippen LogP contribution in [0.4, 0.5) is 0 Å². The standard InChI is InChI=1S/C19H19Cl2N3O2S/c20-13-1-2-15(16(21)9-13)19(3-6-26-7-4-19)12-22-17(25)10-14-11-24-5-8-27-18(24)23-14/h1-2,5,8-9,11H,3-4,6-7,10,12H2,(H,22,25). The van der Waals surface area contributed by atoms with Crippen molar-refractivity contribution >= 4 is 45.4 Å². The molecule has 1 saturated heterocycles. The Morgan fingerprint density at radius 3 is 2.89 bits per heavy atom. The Kier molecular flexibility index (Phi) is 5.41. The number of fused-ring (bicyclic) bond motifs is 1. The third-order valence-electron chi connectivity index (χ3n) is 5.06. The van der Waals surface area contributed by atoms with Gasteiger partial charge in [-0.15, -0.1) is 11.3 Å². The molecule has 0 spiro atoms. The van der Waals surface area contributed by atoms with Crippen molar-refractivity contribution in [3.05, 3.63) is 57.3 Å². The van der Waals surface area contributed by atoms with E-state index >= 15 is 0 Å². The van der Waals surface area contributed by atoms with Crippen LogP contribution in [0.2, 0.25) is 10.0 Å². The number of carbonyl (C=O) groups is 1. The molecule has 5 nitrogen and oxygen atoms in total. The minimum atomic E-state index is -0.246. The summed E-state index contributed by atoms with van der Waals surface area (Å²) in [6.07, 6.45) is 5.69. The first kappa shape index (κ1) is 18.7. The summed E-state index contributed by atoms with van der Waals surface area (Å²) in [6, 6.07) is 5.57. The van der Waals surface area contributed by atoms with Crippen LogP contribution in [0.1, 0.15) is 24.1 Å². The maximum absolute atomic E-state index is 12.5.